The maximum atomic E-state index is 11.7. The number of nitrogens with zero attached hydrogens (tertiary/aromatic N) is 2. The highest BCUT2D eigenvalue weighted by molar-refractivity contribution is 7.86. The number of aromatic hydroxyl groups is 2. The Labute approximate surface area is 181 Å². The van der Waals surface area contributed by atoms with Crippen LogP contribution < -0.4 is 0 Å². The van der Waals surface area contributed by atoms with Crippen molar-refractivity contribution in [1.29, 1.82) is 0 Å². The Bertz CT molecular complexity index is 1520. The summed E-state index contributed by atoms with van der Waals surface area (Å²) in [6, 6.07) is 13.0. The largest absolute Gasteiger partial charge is 0.744 e. The van der Waals surface area contributed by atoms with Crippen LogP contribution in [-0.2, 0) is 20.2 Å². The minimum atomic E-state index is -4.95. The summed E-state index contributed by atoms with van der Waals surface area (Å²) < 4.78 is 70.1. The van der Waals surface area contributed by atoms with Gasteiger partial charge in [-0.15, -0.1) is 10.2 Å². The number of hydrogen-bond acceptors (Lipinski definition) is 10. The fourth-order valence-electron chi connectivity index (χ4n) is 3.30. The van der Waals surface area contributed by atoms with Gasteiger partial charge in [0.15, 0.2) is 11.5 Å². The van der Waals surface area contributed by atoms with E-state index in [1.807, 2.05) is 0 Å². The van der Waals surface area contributed by atoms with E-state index < -0.39 is 52.9 Å². The fraction of sp³-hybridized carbons (Fsp3) is 0. The second-order valence-electron chi connectivity index (χ2n) is 6.68. The summed E-state index contributed by atoms with van der Waals surface area (Å²) in [4.78, 5) is -1.30. The van der Waals surface area contributed by atoms with Crippen LogP contribution in [0.3, 0.4) is 0 Å². The number of benzene rings is 4. The lowest BCUT2D eigenvalue weighted by Gasteiger charge is -2.14. The standard InChI is InChI=1S/C20H14N2O8S2/c23-19-13-7-3-1-5-11(13)17(31(25,26)27)9-15(19)21-22-16-10-18(32(28,29)30)12-6-2-4-8-14(12)20(16)24/h1-10,23-24H,(H,25,26,27)(H,28,29,30)/p-2. The van der Waals surface area contributed by atoms with E-state index in [2.05, 4.69) is 10.2 Å². The zero-order valence-corrected chi connectivity index (χ0v) is 17.5. The van der Waals surface area contributed by atoms with Crippen molar-refractivity contribution in [3.8, 4) is 11.5 Å². The maximum Gasteiger partial charge on any atom is 0.150 e. The van der Waals surface area contributed by atoms with Gasteiger partial charge in [-0.25, -0.2) is 16.8 Å². The molecular formula is C20H12N2O8S2-2. The molecule has 12 heteroatoms. The summed E-state index contributed by atoms with van der Waals surface area (Å²) in [5.74, 6) is -0.984. The zero-order chi connectivity index (χ0) is 23.3. The number of phenolic OH excluding ortho intramolecular Hbond substituents is 2. The molecule has 164 valence electrons. The van der Waals surface area contributed by atoms with Crippen LogP contribution in [0, 0.1) is 0 Å². The van der Waals surface area contributed by atoms with Crippen LogP contribution in [-0.4, -0.2) is 36.2 Å². The van der Waals surface area contributed by atoms with Gasteiger partial charge >= 0.3 is 0 Å². The molecule has 32 heavy (non-hydrogen) atoms. The van der Waals surface area contributed by atoms with Gasteiger partial charge in [0.25, 0.3) is 0 Å². The summed E-state index contributed by atoms with van der Waals surface area (Å²) in [5, 5.41) is 28.4. The SMILES string of the molecule is O=S(=O)([O-])c1cc(N=Nc2cc(S(=O)(=O)[O-])c3ccccc3c2O)c(O)c2ccccc12. The molecule has 0 aliphatic rings. The first kappa shape index (κ1) is 21.6. The normalized spacial score (nSPS) is 12.7. The molecule has 0 radical (unpaired) electrons. The third-order valence-electron chi connectivity index (χ3n) is 4.72. The molecule has 0 aliphatic carbocycles. The fourth-order valence-corrected chi connectivity index (χ4v) is 4.71. The molecule has 10 nitrogen and oxygen atoms in total. The Hall–Kier alpha value is -3.58. The topological polar surface area (TPSA) is 180 Å². The minimum absolute atomic E-state index is 0.0175. The number of azo groups is 1. The molecule has 4 rings (SSSR count). The molecule has 0 aromatic heterocycles. The molecule has 0 amide bonds. The summed E-state index contributed by atoms with van der Waals surface area (Å²) in [6.45, 7) is 0. The molecule has 0 spiro atoms. The highest BCUT2D eigenvalue weighted by Gasteiger charge is 2.17. The Morgan fingerprint density at radius 2 is 0.906 bits per heavy atom. The highest BCUT2D eigenvalue weighted by Crippen LogP contribution is 2.42. The van der Waals surface area contributed by atoms with Crippen LogP contribution in [0.4, 0.5) is 11.4 Å². The van der Waals surface area contributed by atoms with E-state index in [-0.39, 0.29) is 21.5 Å². The van der Waals surface area contributed by atoms with Gasteiger partial charge in [-0.1, -0.05) is 48.5 Å². The van der Waals surface area contributed by atoms with Crippen molar-refractivity contribution in [2.75, 3.05) is 0 Å². The summed E-state index contributed by atoms with van der Waals surface area (Å²) in [5.41, 5.74) is -0.838. The Kier molecular flexibility index (Phi) is 5.09. The molecule has 4 aromatic carbocycles. The molecule has 0 saturated heterocycles. The van der Waals surface area contributed by atoms with Gasteiger partial charge in [0.2, 0.25) is 0 Å². The minimum Gasteiger partial charge on any atom is -0.744 e. The third-order valence-corrected chi connectivity index (χ3v) is 6.47. The number of fused-ring (bicyclic) bond motifs is 2. The van der Waals surface area contributed by atoms with E-state index in [1.165, 1.54) is 48.5 Å². The Balaban J connectivity index is 1.97. The Morgan fingerprint density at radius 1 is 0.594 bits per heavy atom. The summed E-state index contributed by atoms with van der Waals surface area (Å²) in [6.07, 6.45) is 0. The van der Waals surface area contributed by atoms with Crippen molar-refractivity contribution in [2.24, 2.45) is 10.2 Å². The lowest BCUT2D eigenvalue weighted by atomic mass is 10.1. The van der Waals surface area contributed by atoms with Gasteiger partial charge in [-0.05, 0) is 12.1 Å². The van der Waals surface area contributed by atoms with E-state index in [4.69, 9.17) is 0 Å². The molecule has 2 N–H and O–H groups in total. The second kappa shape index (κ2) is 7.53. The van der Waals surface area contributed by atoms with Crippen LogP contribution in [0.15, 0.2) is 80.7 Å². The van der Waals surface area contributed by atoms with Crippen molar-refractivity contribution < 1.29 is 36.2 Å². The van der Waals surface area contributed by atoms with Crippen molar-refractivity contribution in [2.45, 2.75) is 9.79 Å². The van der Waals surface area contributed by atoms with Crippen LogP contribution in [0.5, 0.6) is 11.5 Å². The van der Waals surface area contributed by atoms with Crippen LogP contribution in [0.25, 0.3) is 21.5 Å². The molecule has 0 fully saturated rings. The first-order valence-corrected chi connectivity index (χ1v) is 11.6. The van der Waals surface area contributed by atoms with E-state index in [1.54, 1.807) is 0 Å². The van der Waals surface area contributed by atoms with Crippen molar-refractivity contribution >= 4 is 53.2 Å². The molecule has 4 aromatic rings. The smallest absolute Gasteiger partial charge is 0.150 e. The summed E-state index contributed by atoms with van der Waals surface area (Å²) in [7, 11) is -9.89. The van der Waals surface area contributed by atoms with E-state index in [9.17, 15) is 36.2 Å². The first-order valence-electron chi connectivity index (χ1n) is 8.81. The number of hydrogen-bond donors (Lipinski definition) is 2. The van der Waals surface area contributed by atoms with Gasteiger partial charge in [0.05, 0.1) is 9.79 Å². The van der Waals surface area contributed by atoms with Crippen LogP contribution in [0.1, 0.15) is 0 Å². The second-order valence-corrected chi connectivity index (χ2v) is 9.38. The van der Waals surface area contributed by atoms with Crippen LogP contribution >= 0.6 is 0 Å². The van der Waals surface area contributed by atoms with Gasteiger partial charge in [-0.2, -0.15) is 0 Å². The molecule has 0 aliphatic heterocycles. The average molecular weight is 472 g/mol. The van der Waals surface area contributed by atoms with Crippen molar-refractivity contribution in [3.63, 3.8) is 0 Å². The molecular weight excluding hydrogens is 460 g/mol. The van der Waals surface area contributed by atoms with Gasteiger partial charge in [0, 0.05) is 21.5 Å². The number of phenols is 2. The van der Waals surface area contributed by atoms with Crippen LogP contribution in [0.2, 0.25) is 0 Å². The lowest BCUT2D eigenvalue weighted by molar-refractivity contribution is 0.460. The third kappa shape index (κ3) is 3.76. The molecule has 0 saturated carbocycles. The van der Waals surface area contributed by atoms with Gasteiger partial charge < -0.3 is 19.3 Å². The van der Waals surface area contributed by atoms with Crippen molar-refractivity contribution in [3.05, 3.63) is 60.7 Å². The highest BCUT2D eigenvalue weighted by atomic mass is 32.2. The first-order chi connectivity index (χ1) is 15.0. The average Bonchev–Trinajstić information content (AvgIpc) is 2.73. The monoisotopic (exact) mass is 472 g/mol. The van der Waals surface area contributed by atoms with Gasteiger partial charge in [0.1, 0.15) is 31.6 Å². The predicted molar refractivity (Wildman–Crippen MR) is 111 cm³/mol. The quantitative estimate of drug-likeness (QED) is 0.333. The molecule has 0 unspecified atom stereocenters. The van der Waals surface area contributed by atoms with Gasteiger partial charge in [-0.3, -0.25) is 0 Å². The lowest BCUT2D eigenvalue weighted by Crippen LogP contribution is -2.00. The predicted octanol–water partition coefficient (Wildman–Crippen LogP) is 3.63. The molecule has 0 atom stereocenters. The summed E-state index contributed by atoms with van der Waals surface area (Å²) >= 11 is 0. The van der Waals surface area contributed by atoms with E-state index in [0.717, 1.165) is 12.1 Å². The molecule has 0 bridgehead atoms. The Morgan fingerprint density at radius 3 is 1.22 bits per heavy atom. The van der Waals surface area contributed by atoms with E-state index in [0.29, 0.717) is 0 Å². The zero-order valence-electron chi connectivity index (χ0n) is 15.8. The van der Waals surface area contributed by atoms with E-state index >= 15 is 0 Å². The molecule has 0 heterocycles. The maximum absolute atomic E-state index is 11.7. The van der Waals surface area contributed by atoms with Crippen molar-refractivity contribution in [1.82, 2.24) is 0 Å². The number of rotatable bonds is 4.